The number of H-pyrrole nitrogens is 1. The van der Waals surface area contributed by atoms with Crippen molar-refractivity contribution in [1.29, 1.82) is 0 Å². The number of hydrogen-bond donors (Lipinski definition) is 1. The summed E-state index contributed by atoms with van der Waals surface area (Å²) in [7, 11) is 1.74. The number of carbonyl (C=O) groups excluding carboxylic acids is 2. The number of nitrogens with one attached hydrogen (secondary N) is 1. The lowest BCUT2D eigenvalue weighted by molar-refractivity contribution is 0.0781. The van der Waals surface area contributed by atoms with Crippen LogP contribution in [0.1, 0.15) is 32.6 Å². The summed E-state index contributed by atoms with van der Waals surface area (Å²) in [6.07, 6.45) is 1.56. The minimum absolute atomic E-state index is 0.0554. The number of ketones is 1. The van der Waals surface area contributed by atoms with Crippen molar-refractivity contribution in [2.24, 2.45) is 0 Å². The van der Waals surface area contributed by atoms with Crippen LogP contribution in [0.15, 0.2) is 28.2 Å². The predicted molar refractivity (Wildman–Crippen MR) is 78.6 cm³/mol. The maximum Gasteiger partial charge on any atom is 0.270 e. The molecule has 2 rings (SSSR count). The van der Waals surface area contributed by atoms with Gasteiger partial charge in [-0.3, -0.25) is 9.59 Å². The topological polar surface area (TPSA) is 53.2 Å². The zero-order valence-electron chi connectivity index (χ0n) is 10.6. The van der Waals surface area contributed by atoms with Gasteiger partial charge < -0.3 is 9.88 Å². The molecule has 100 valence electrons. The maximum absolute atomic E-state index is 12.2. The molecule has 1 amide bonds. The number of carbonyl (C=O) groups is 2. The van der Waals surface area contributed by atoms with Crippen LogP contribution in [-0.2, 0) is 6.54 Å². The van der Waals surface area contributed by atoms with Crippen LogP contribution >= 0.6 is 27.3 Å². The smallest absolute Gasteiger partial charge is 0.270 e. The average Bonchev–Trinajstić information content (AvgIpc) is 2.97. The number of rotatable bonds is 4. The highest BCUT2D eigenvalue weighted by Gasteiger charge is 2.15. The van der Waals surface area contributed by atoms with Gasteiger partial charge in [-0.1, -0.05) is 0 Å². The molecule has 2 aromatic heterocycles. The molecule has 0 saturated carbocycles. The van der Waals surface area contributed by atoms with Gasteiger partial charge in [-0.2, -0.15) is 0 Å². The van der Waals surface area contributed by atoms with E-state index in [4.69, 9.17) is 0 Å². The van der Waals surface area contributed by atoms with Gasteiger partial charge >= 0.3 is 0 Å². The van der Waals surface area contributed by atoms with E-state index in [1.807, 2.05) is 12.1 Å². The third kappa shape index (κ3) is 3.33. The first-order chi connectivity index (χ1) is 8.97. The minimum Gasteiger partial charge on any atom is -0.356 e. The minimum atomic E-state index is -0.128. The lowest BCUT2D eigenvalue weighted by Crippen LogP contribution is -2.26. The zero-order chi connectivity index (χ0) is 14.0. The molecule has 19 heavy (non-hydrogen) atoms. The summed E-state index contributed by atoms with van der Waals surface area (Å²) in [6.45, 7) is 2.02. The first kappa shape index (κ1) is 14.0. The first-order valence-electron chi connectivity index (χ1n) is 5.66. The second kappa shape index (κ2) is 5.71. The Bertz CT molecular complexity index is 618. The standard InChI is InChI=1S/C13H13BrN2O2S/c1-8(17)9-5-11(15-6-9)13(18)16(2)7-10-3-4-12(14)19-10/h3-6,15H,7H2,1-2H3. The van der Waals surface area contributed by atoms with Gasteiger partial charge in [-0.05, 0) is 41.1 Å². The molecule has 0 atom stereocenters. The summed E-state index contributed by atoms with van der Waals surface area (Å²) < 4.78 is 1.04. The Balaban J connectivity index is 2.07. The van der Waals surface area contributed by atoms with E-state index >= 15 is 0 Å². The normalized spacial score (nSPS) is 10.5. The Morgan fingerprint density at radius 3 is 2.68 bits per heavy atom. The molecule has 2 heterocycles. The summed E-state index contributed by atoms with van der Waals surface area (Å²) in [5, 5.41) is 0. The molecule has 1 N–H and O–H groups in total. The summed E-state index contributed by atoms with van der Waals surface area (Å²) in [5.41, 5.74) is 0.957. The van der Waals surface area contributed by atoms with Crippen LogP contribution in [0.25, 0.3) is 0 Å². The van der Waals surface area contributed by atoms with Crippen LogP contribution in [0.3, 0.4) is 0 Å². The first-order valence-corrected chi connectivity index (χ1v) is 7.27. The van der Waals surface area contributed by atoms with Crippen LogP contribution in [0.4, 0.5) is 0 Å². The highest BCUT2D eigenvalue weighted by Crippen LogP contribution is 2.23. The van der Waals surface area contributed by atoms with Gasteiger partial charge in [0.25, 0.3) is 5.91 Å². The second-order valence-electron chi connectivity index (χ2n) is 4.23. The Kier molecular flexibility index (Phi) is 4.21. The number of halogens is 1. The number of amides is 1. The Morgan fingerprint density at radius 2 is 2.16 bits per heavy atom. The van der Waals surface area contributed by atoms with E-state index in [0.29, 0.717) is 17.8 Å². The SMILES string of the molecule is CC(=O)c1c[nH]c(C(=O)N(C)Cc2ccc(Br)s2)c1. The highest BCUT2D eigenvalue weighted by atomic mass is 79.9. The van der Waals surface area contributed by atoms with Gasteiger partial charge in [-0.15, -0.1) is 11.3 Å². The second-order valence-corrected chi connectivity index (χ2v) is 6.77. The van der Waals surface area contributed by atoms with Crippen LogP contribution in [0.2, 0.25) is 0 Å². The molecule has 4 nitrogen and oxygen atoms in total. The van der Waals surface area contributed by atoms with Crippen molar-refractivity contribution in [2.75, 3.05) is 7.05 Å². The van der Waals surface area contributed by atoms with E-state index in [2.05, 4.69) is 20.9 Å². The Hall–Kier alpha value is -1.40. The van der Waals surface area contributed by atoms with Crippen LogP contribution in [0.5, 0.6) is 0 Å². The molecule has 0 aromatic carbocycles. The van der Waals surface area contributed by atoms with Gasteiger partial charge in [0.1, 0.15) is 5.69 Å². The van der Waals surface area contributed by atoms with E-state index in [1.54, 1.807) is 35.5 Å². The zero-order valence-corrected chi connectivity index (χ0v) is 13.0. The number of aromatic nitrogens is 1. The predicted octanol–water partition coefficient (Wildman–Crippen LogP) is 3.31. The van der Waals surface area contributed by atoms with E-state index in [1.165, 1.54) is 6.92 Å². The third-order valence-corrected chi connectivity index (χ3v) is 4.30. The third-order valence-electron chi connectivity index (χ3n) is 2.69. The van der Waals surface area contributed by atoms with Gasteiger partial charge in [0, 0.05) is 23.7 Å². The fourth-order valence-electron chi connectivity index (χ4n) is 1.67. The fraction of sp³-hybridized carbons (Fsp3) is 0.231. The molecule has 0 aliphatic heterocycles. The molecular weight excluding hydrogens is 328 g/mol. The molecule has 0 bridgehead atoms. The van der Waals surface area contributed by atoms with Gasteiger partial charge in [0.15, 0.2) is 5.78 Å². The maximum atomic E-state index is 12.2. The summed E-state index contributed by atoms with van der Waals surface area (Å²) in [4.78, 5) is 28.9. The molecule has 0 fully saturated rings. The summed E-state index contributed by atoms with van der Waals surface area (Å²) >= 11 is 4.99. The van der Waals surface area contributed by atoms with Gasteiger partial charge in [0.2, 0.25) is 0 Å². The quantitative estimate of drug-likeness (QED) is 0.868. The molecule has 6 heteroatoms. The molecule has 0 spiro atoms. The Labute approximate surface area is 123 Å². The molecular formula is C13H13BrN2O2S. The lowest BCUT2D eigenvalue weighted by atomic mass is 10.2. The van der Waals surface area contributed by atoms with Crippen molar-refractivity contribution in [2.45, 2.75) is 13.5 Å². The summed E-state index contributed by atoms with van der Waals surface area (Å²) in [5.74, 6) is -0.183. The Morgan fingerprint density at radius 1 is 1.42 bits per heavy atom. The largest absolute Gasteiger partial charge is 0.356 e. The van der Waals surface area contributed by atoms with Crippen molar-refractivity contribution in [3.63, 3.8) is 0 Å². The van der Waals surface area contributed by atoms with Crippen LogP contribution < -0.4 is 0 Å². The van der Waals surface area contributed by atoms with Crippen molar-refractivity contribution in [3.05, 3.63) is 44.3 Å². The number of hydrogen-bond acceptors (Lipinski definition) is 3. The van der Waals surface area contributed by atoms with E-state index in [-0.39, 0.29) is 11.7 Å². The molecule has 0 aliphatic carbocycles. The van der Waals surface area contributed by atoms with Crippen molar-refractivity contribution in [3.8, 4) is 0 Å². The number of nitrogens with zero attached hydrogens (tertiary/aromatic N) is 1. The van der Waals surface area contributed by atoms with Gasteiger partial charge in [0.05, 0.1) is 10.3 Å². The van der Waals surface area contributed by atoms with Crippen molar-refractivity contribution in [1.82, 2.24) is 9.88 Å². The van der Waals surface area contributed by atoms with Gasteiger partial charge in [-0.25, -0.2) is 0 Å². The van der Waals surface area contributed by atoms with Crippen LogP contribution in [0, 0.1) is 0 Å². The molecule has 0 unspecified atom stereocenters. The van der Waals surface area contributed by atoms with E-state index in [9.17, 15) is 9.59 Å². The monoisotopic (exact) mass is 340 g/mol. The van der Waals surface area contributed by atoms with E-state index < -0.39 is 0 Å². The molecule has 0 aliphatic rings. The fourth-order valence-corrected chi connectivity index (χ4v) is 3.21. The van der Waals surface area contributed by atoms with Crippen molar-refractivity contribution >= 4 is 39.0 Å². The van der Waals surface area contributed by atoms with Crippen molar-refractivity contribution < 1.29 is 9.59 Å². The number of aromatic amines is 1. The number of Topliss-reactive ketones (excluding diaryl/α,β-unsaturated/α-hetero) is 1. The molecule has 0 radical (unpaired) electrons. The lowest BCUT2D eigenvalue weighted by Gasteiger charge is -2.14. The number of thiophene rings is 1. The average molecular weight is 341 g/mol. The molecule has 0 saturated heterocycles. The van der Waals surface area contributed by atoms with E-state index in [0.717, 1.165) is 8.66 Å². The van der Waals surface area contributed by atoms with Crippen LogP contribution in [-0.4, -0.2) is 28.6 Å². The summed E-state index contributed by atoms with van der Waals surface area (Å²) in [6, 6.07) is 5.53. The molecule has 2 aromatic rings. The highest BCUT2D eigenvalue weighted by molar-refractivity contribution is 9.11.